The van der Waals surface area contributed by atoms with Gasteiger partial charge in [-0.05, 0) is 54.4 Å². The summed E-state index contributed by atoms with van der Waals surface area (Å²) in [6.45, 7) is 2.61. The van der Waals surface area contributed by atoms with Crippen LogP contribution in [0.1, 0.15) is 39.6 Å². The molecular weight excluding hydrogens is 440 g/mol. The lowest BCUT2D eigenvalue weighted by Gasteiger charge is -2.15. The molecule has 0 spiro atoms. The average Bonchev–Trinajstić information content (AvgIpc) is 2.76. The fourth-order valence-electron chi connectivity index (χ4n) is 3.02. The van der Waals surface area contributed by atoms with Crippen LogP contribution >= 0.6 is 23.2 Å². The Bertz CT molecular complexity index is 1120. The number of nitrogens with one attached hydrogen (secondary N) is 1. The summed E-state index contributed by atoms with van der Waals surface area (Å²) in [4.78, 5) is 23.6. The van der Waals surface area contributed by atoms with Crippen molar-refractivity contribution in [1.82, 2.24) is 5.32 Å². The minimum absolute atomic E-state index is 0.0988. The van der Waals surface area contributed by atoms with Gasteiger partial charge in [-0.15, -0.1) is 0 Å². The van der Waals surface area contributed by atoms with Crippen LogP contribution in [0.5, 0.6) is 5.75 Å². The molecule has 1 amide bonds. The number of amides is 1. The molecule has 3 rings (SSSR count). The Kier molecular flexibility index (Phi) is 7.66. The fraction of sp³-hybridized carbons (Fsp3) is 0.167. The molecule has 0 fully saturated rings. The second-order valence-corrected chi connectivity index (χ2v) is 7.68. The molecule has 160 valence electrons. The summed E-state index contributed by atoms with van der Waals surface area (Å²) in [5, 5.41) is 3.42. The van der Waals surface area contributed by atoms with Crippen LogP contribution in [0.25, 0.3) is 11.1 Å². The highest BCUT2D eigenvalue weighted by Gasteiger charge is 2.14. The smallest absolute Gasteiger partial charge is 0.254 e. The first-order valence-corrected chi connectivity index (χ1v) is 10.4. The number of ether oxygens (including phenoxy) is 1. The summed E-state index contributed by atoms with van der Waals surface area (Å²) in [6, 6.07) is 14.3. The van der Waals surface area contributed by atoms with Crippen molar-refractivity contribution in [1.29, 1.82) is 0 Å². The van der Waals surface area contributed by atoms with Crippen LogP contribution in [-0.4, -0.2) is 18.8 Å². The molecule has 0 unspecified atom stereocenters. The Morgan fingerprint density at radius 3 is 2.61 bits per heavy atom. The van der Waals surface area contributed by atoms with E-state index in [0.717, 1.165) is 24.3 Å². The first kappa shape index (κ1) is 22.8. The molecule has 0 heterocycles. The fourth-order valence-corrected chi connectivity index (χ4v) is 3.41. The Morgan fingerprint density at radius 2 is 1.90 bits per heavy atom. The zero-order valence-corrected chi connectivity index (χ0v) is 18.3. The molecule has 0 aliphatic heterocycles. The number of halogens is 3. The van der Waals surface area contributed by atoms with Crippen molar-refractivity contribution in [3.05, 3.63) is 87.2 Å². The van der Waals surface area contributed by atoms with Crippen molar-refractivity contribution in [3.8, 4) is 16.9 Å². The van der Waals surface area contributed by atoms with Gasteiger partial charge in [-0.3, -0.25) is 9.59 Å². The quantitative estimate of drug-likeness (QED) is 0.400. The van der Waals surface area contributed by atoms with Gasteiger partial charge in [0.15, 0.2) is 0 Å². The molecule has 31 heavy (non-hydrogen) atoms. The molecule has 3 aromatic rings. The third-order valence-corrected chi connectivity index (χ3v) is 5.14. The van der Waals surface area contributed by atoms with Crippen LogP contribution in [-0.2, 0) is 6.54 Å². The molecule has 0 aliphatic carbocycles. The van der Waals surface area contributed by atoms with Crippen LogP contribution in [0.2, 0.25) is 10.0 Å². The number of hydrogen-bond acceptors (Lipinski definition) is 3. The summed E-state index contributed by atoms with van der Waals surface area (Å²) in [7, 11) is 0. The lowest BCUT2D eigenvalue weighted by Crippen LogP contribution is -2.24. The number of rotatable bonds is 8. The SMILES string of the molecule is CCCOc1ccc(-c2cc(C=O)ccc2Cl)cc1CNC(=O)c1ccc(Cl)cc1F. The van der Waals surface area contributed by atoms with E-state index in [2.05, 4.69) is 5.32 Å². The predicted octanol–water partition coefficient (Wildman–Crippen LogP) is 6.33. The number of carbonyl (C=O) groups is 2. The second kappa shape index (κ2) is 10.4. The van der Waals surface area contributed by atoms with Gasteiger partial charge in [0.05, 0.1) is 12.2 Å². The molecule has 1 N–H and O–H groups in total. The Balaban J connectivity index is 1.90. The van der Waals surface area contributed by atoms with Gasteiger partial charge in [-0.25, -0.2) is 4.39 Å². The van der Waals surface area contributed by atoms with E-state index in [1.807, 2.05) is 19.1 Å². The van der Waals surface area contributed by atoms with E-state index in [1.165, 1.54) is 12.1 Å². The van der Waals surface area contributed by atoms with Crippen LogP contribution < -0.4 is 10.1 Å². The van der Waals surface area contributed by atoms with Crippen molar-refractivity contribution in [2.75, 3.05) is 6.61 Å². The minimum Gasteiger partial charge on any atom is -0.493 e. The largest absolute Gasteiger partial charge is 0.493 e. The zero-order valence-electron chi connectivity index (χ0n) is 16.8. The molecule has 0 radical (unpaired) electrons. The standard InChI is InChI=1S/C24H20Cl2FNO3/c1-2-9-31-23-8-4-16(20-10-15(14-29)3-7-21(20)26)11-17(23)13-28-24(30)19-6-5-18(25)12-22(19)27/h3-8,10-12,14H,2,9,13H2,1H3,(H,28,30). The van der Waals surface area contributed by atoms with Crippen molar-refractivity contribution >= 4 is 35.4 Å². The van der Waals surface area contributed by atoms with Crippen LogP contribution in [0.15, 0.2) is 54.6 Å². The molecule has 4 nitrogen and oxygen atoms in total. The first-order chi connectivity index (χ1) is 14.9. The highest BCUT2D eigenvalue weighted by Crippen LogP contribution is 2.32. The van der Waals surface area contributed by atoms with Gasteiger partial charge >= 0.3 is 0 Å². The third-order valence-electron chi connectivity index (χ3n) is 4.57. The van der Waals surface area contributed by atoms with Gasteiger partial charge < -0.3 is 10.1 Å². The Morgan fingerprint density at radius 1 is 1.10 bits per heavy atom. The molecule has 0 saturated carbocycles. The molecule has 7 heteroatoms. The molecule has 0 aliphatic rings. The molecular formula is C24H20Cl2FNO3. The minimum atomic E-state index is -0.696. The van der Waals surface area contributed by atoms with Gasteiger partial charge in [0, 0.05) is 33.3 Å². The summed E-state index contributed by atoms with van der Waals surface area (Å²) in [6.07, 6.45) is 1.57. The van der Waals surface area contributed by atoms with Crippen LogP contribution in [0.4, 0.5) is 4.39 Å². The van der Waals surface area contributed by atoms with E-state index in [-0.39, 0.29) is 17.1 Å². The van der Waals surface area contributed by atoms with E-state index >= 15 is 0 Å². The lowest BCUT2D eigenvalue weighted by atomic mass is 10.0. The molecule has 0 bridgehead atoms. The third kappa shape index (κ3) is 5.63. The maximum Gasteiger partial charge on any atom is 0.254 e. The maximum atomic E-state index is 14.1. The summed E-state index contributed by atoms with van der Waals surface area (Å²) in [5.74, 6) is -0.661. The van der Waals surface area contributed by atoms with E-state index in [1.54, 1.807) is 24.3 Å². The average molecular weight is 460 g/mol. The van der Waals surface area contributed by atoms with Gasteiger partial charge in [0.2, 0.25) is 0 Å². The van der Waals surface area contributed by atoms with Crippen molar-refractivity contribution in [2.45, 2.75) is 19.9 Å². The number of aldehydes is 1. The first-order valence-electron chi connectivity index (χ1n) is 9.67. The van der Waals surface area contributed by atoms with Crippen LogP contribution in [0, 0.1) is 5.82 Å². The molecule has 0 atom stereocenters. The lowest BCUT2D eigenvalue weighted by molar-refractivity contribution is 0.0946. The van der Waals surface area contributed by atoms with Crippen LogP contribution in [0.3, 0.4) is 0 Å². The second-order valence-electron chi connectivity index (χ2n) is 6.83. The highest BCUT2D eigenvalue weighted by atomic mass is 35.5. The van der Waals surface area contributed by atoms with Crippen molar-refractivity contribution < 1.29 is 18.7 Å². The zero-order chi connectivity index (χ0) is 22.4. The van der Waals surface area contributed by atoms with E-state index in [0.29, 0.717) is 34.1 Å². The van der Waals surface area contributed by atoms with E-state index in [4.69, 9.17) is 27.9 Å². The van der Waals surface area contributed by atoms with Gasteiger partial charge in [-0.2, -0.15) is 0 Å². The molecule has 0 saturated heterocycles. The summed E-state index contributed by atoms with van der Waals surface area (Å²) in [5.41, 5.74) is 2.54. The monoisotopic (exact) mass is 459 g/mol. The van der Waals surface area contributed by atoms with Crippen molar-refractivity contribution in [3.63, 3.8) is 0 Å². The topological polar surface area (TPSA) is 55.4 Å². The van der Waals surface area contributed by atoms with Crippen molar-refractivity contribution in [2.24, 2.45) is 0 Å². The maximum absolute atomic E-state index is 14.1. The number of carbonyl (C=O) groups excluding carboxylic acids is 2. The van der Waals surface area contributed by atoms with Gasteiger partial charge in [0.25, 0.3) is 5.91 Å². The van der Waals surface area contributed by atoms with E-state index < -0.39 is 11.7 Å². The number of hydrogen-bond donors (Lipinski definition) is 1. The number of benzene rings is 3. The van der Waals surface area contributed by atoms with Gasteiger partial charge in [0.1, 0.15) is 17.9 Å². The summed E-state index contributed by atoms with van der Waals surface area (Å²) >= 11 is 12.1. The van der Waals surface area contributed by atoms with Gasteiger partial charge in [-0.1, -0.05) is 42.3 Å². The Labute approximate surface area is 189 Å². The predicted molar refractivity (Wildman–Crippen MR) is 121 cm³/mol. The molecule has 0 aromatic heterocycles. The highest BCUT2D eigenvalue weighted by molar-refractivity contribution is 6.33. The Hall–Kier alpha value is -2.89. The summed E-state index contributed by atoms with van der Waals surface area (Å²) < 4.78 is 19.9. The normalized spacial score (nSPS) is 10.6. The van der Waals surface area contributed by atoms with E-state index in [9.17, 15) is 14.0 Å². The molecule has 3 aromatic carbocycles.